The Labute approximate surface area is 105 Å². The Hall–Kier alpha value is -2.11. The van der Waals surface area contributed by atoms with Gasteiger partial charge in [-0.3, -0.25) is 4.79 Å². The Balaban J connectivity index is 1.84. The SMILES string of the molecule is CC(=O)NC1CCN(c2ccnc3ccnn23)C1. The zero-order valence-electron chi connectivity index (χ0n) is 10.2. The summed E-state index contributed by atoms with van der Waals surface area (Å²) in [5, 5.41) is 7.23. The Morgan fingerprint density at radius 2 is 2.33 bits per heavy atom. The molecule has 1 saturated heterocycles. The Bertz CT molecular complexity index is 579. The molecular formula is C12H15N5O. The predicted molar refractivity (Wildman–Crippen MR) is 67.4 cm³/mol. The van der Waals surface area contributed by atoms with Gasteiger partial charge in [0.2, 0.25) is 5.91 Å². The van der Waals surface area contributed by atoms with E-state index in [1.807, 2.05) is 16.6 Å². The zero-order chi connectivity index (χ0) is 12.5. The lowest BCUT2D eigenvalue weighted by Crippen LogP contribution is -2.35. The lowest BCUT2D eigenvalue weighted by molar-refractivity contribution is -0.119. The molecule has 3 heterocycles. The molecule has 6 nitrogen and oxygen atoms in total. The smallest absolute Gasteiger partial charge is 0.217 e. The summed E-state index contributed by atoms with van der Waals surface area (Å²) in [5.74, 6) is 1.05. The second-order valence-electron chi connectivity index (χ2n) is 4.54. The van der Waals surface area contributed by atoms with Crippen LogP contribution in [0.2, 0.25) is 0 Å². The third kappa shape index (κ3) is 1.90. The highest BCUT2D eigenvalue weighted by Gasteiger charge is 2.24. The number of hydrogen-bond donors (Lipinski definition) is 1. The highest BCUT2D eigenvalue weighted by molar-refractivity contribution is 5.73. The highest BCUT2D eigenvalue weighted by Crippen LogP contribution is 2.20. The summed E-state index contributed by atoms with van der Waals surface area (Å²) < 4.78 is 1.83. The second kappa shape index (κ2) is 4.29. The number of amides is 1. The maximum absolute atomic E-state index is 11.1. The van der Waals surface area contributed by atoms with Crippen LogP contribution in [-0.4, -0.2) is 39.6 Å². The minimum atomic E-state index is 0.0285. The first kappa shape index (κ1) is 11.0. The van der Waals surface area contributed by atoms with Crippen LogP contribution in [0.15, 0.2) is 24.5 Å². The molecular weight excluding hydrogens is 230 g/mol. The van der Waals surface area contributed by atoms with Crippen molar-refractivity contribution in [1.82, 2.24) is 19.9 Å². The molecule has 1 unspecified atom stereocenters. The van der Waals surface area contributed by atoms with Gasteiger partial charge in [0.15, 0.2) is 5.65 Å². The number of carbonyl (C=O) groups is 1. The standard InChI is InChI=1S/C12H15N5O/c1-9(18)15-10-4-7-16(8-10)12-3-5-13-11-2-6-14-17(11)12/h2-3,5-6,10H,4,7-8H2,1H3,(H,15,18). The van der Waals surface area contributed by atoms with Crippen LogP contribution in [0.4, 0.5) is 5.82 Å². The number of fused-ring (bicyclic) bond motifs is 1. The largest absolute Gasteiger partial charge is 0.354 e. The van der Waals surface area contributed by atoms with Crippen LogP contribution < -0.4 is 10.2 Å². The molecule has 1 fully saturated rings. The summed E-state index contributed by atoms with van der Waals surface area (Å²) in [4.78, 5) is 17.5. The molecule has 1 aliphatic heterocycles. The molecule has 94 valence electrons. The minimum Gasteiger partial charge on any atom is -0.354 e. The molecule has 0 aliphatic carbocycles. The number of anilines is 1. The molecule has 0 saturated carbocycles. The summed E-state index contributed by atoms with van der Waals surface area (Å²) in [6.45, 7) is 3.29. The van der Waals surface area contributed by atoms with Gasteiger partial charge in [0.05, 0.1) is 6.20 Å². The minimum absolute atomic E-state index is 0.0285. The lowest BCUT2D eigenvalue weighted by Gasteiger charge is -2.19. The first-order valence-electron chi connectivity index (χ1n) is 6.05. The van der Waals surface area contributed by atoms with Crippen molar-refractivity contribution >= 4 is 17.4 Å². The van der Waals surface area contributed by atoms with E-state index in [-0.39, 0.29) is 11.9 Å². The van der Waals surface area contributed by atoms with Gasteiger partial charge in [0, 0.05) is 38.3 Å². The van der Waals surface area contributed by atoms with Gasteiger partial charge in [-0.1, -0.05) is 0 Å². The van der Waals surface area contributed by atoms with Crippen molar-refractivity contribution in [1.29, 1.82) is 0 Å². The maximum Gasteiger partial charge on any atom is 0.217 e. The number of carbonyl (C=O) groups excluding carboxylic acids is 1. The molecule has 2 aromatic rings. The van der Waals surface area contributed by atoms with Crippen molar-refractivity contribution in [3.8, 4) is 0 Å². The van der Waals surface area contributed by atoms with Crippen LogP contribution in [0.3, 0.4) is 0 Å². The Morgan fingerprint density at radius 1 is 1.44 bits per heavy atom. The van der Waals surface area contributed by atoms with E-state index in [4.69, 9.17) is 0 Å². The third-order valence-electron chi connectivity index (χ3n) is 3.19. The summed E-state index contributed by atoms with van der Waals surface area (Å²) in [6.07, 6.45) is 4.50. The zero-order valence-corrected chi connectivity index (χ0v) is 10.2. The monoisotopic (exact) mass is 245 g/mol. The number of hydrogen-bond acceptors (Lipinski definition) is 4. The molecule has 3 rings (SSSR count). The van der Waals surface area contributed by atoms with Gasteiger partial charge >= 0.3 is 0 Å². The van der Waals surface area contributed by atoms with Gasteiger partial charge in [-0.2, -0.15) is 9.61 Å². The summed E-state index contributed by atoms with van der Waals surface area (Å²) in [7, 11) is 0. The molecule has 6 heteroatoms. The average Bonchev–Trinajstić information content (AvgIpc) is 2.95. The molecule has 1 aliphatic rings. The van der Waals surface area contributed by atoms with Crippen LogP contribution in [0, 0.1) is 0 Å². The van der Waals surface area contributed by atoms with Crippen LogP contribution in [0.1, 0.15) is 13.3 Å². The van der Waals surface area contributed by atoms with E-state index in [0.717, 1.165) is 31.0 Å². The molecule has 0 aromatic carbocycles. The number of nitrogens with one attached hydrogen (secondary N) is 1. The van der Waals surface area contributed by atoms with Crippen LogP contribution >= 0.6 is 0 Å². The van der Waals surface area contributed by atoms with Gasteiger partial charge in [-0.15, -0.1) is 0 Å². The molecule has 1 atom stereocenters. The first-order valence-corrected chi connectivity index (χ1v) is 6.05. The summed E-state index contributed by atoms with van der Waals surface area (Å²) in [5.41, 5.74) is 0.843. The van der Waals surface area contributed by atoms with E-state index in [0.29, 0.717) is 0 Å². The molecule has 0 spiro atoms. The van der Waals surface area contributed by atoms with E-state index in [1.54, 1.807) is 19.3 Å². The fourth-order valence-electron chi connectivity index (χ4n) is 2.43. The normalized spacial score (nSPS) is 19.4. The number of aromatic nitrogens is 3. The highest BCUT2D eigenvalue weighted by atomic mass is 16.1. The van der Waals surface area contributed by atoms with Crippen molar-refractivity contribution in [2.75, 3.05) is 18.0 Å². The molecule has 1 amide bonds. The summed E-state index contributed by atoms with van der Waals surface area (Å²) in [6, 6.07) is 4.06. The van der Waals surface area contributed by atoms with E-state index in [9.17, 15) is 4.79 Å². The fourth-order valence-corrected chi connectivity index (χ4v) is 2.43. The number of rotatable bonds is 2. The second-order valence-corrected chi connectivity index (χ2v) is 4.54. The molecule has 0 bridgehead atoms. The van der Waals surface area contributed by atoms with Crippen molar-refractivity contribution < 1.29 is 4.79 Å². The predicted octanol–water partition coefficient (Wildman–Crippen LogP) is 0.444. The molecule has 0 radical (unpaired) electrons. The van der Waals surface area contributed by atoms with Crippen molar-refractivity contribution in [3.63, 3.8) is 0 Å². The van der Waals surface area contributed by atoms with E-state index < -0.39 is 0 Å². The molecule has 1 N–H and O–H groups in total. The van der Waals surface area contributed by atoms with Crippen LogP contribution in [-0.2, 0) is 4.79 Å². The van der Waals surface area contributed by atoms with Gasteiger partial charge < -0.3 is 10.2 Å². The van der Waals surface area contributed by atoms with Gasteiger partial charge in [0.25, 0.3) is 0 Å². The molecule has 18 heavy (non-hydrogen) atoms. The Kier molecular flexibility index (Phi) is 2.62. The van der Waals surface area contributed by atoms with Crippen molar-refractivity contribution in [3.05, 3.63) is 24.5 Å². The third-order valence-corrected chi connectivity index (χ3v) is 3.19. The Morgan fingerprint density at radius 3 is 3.17 bits per heavy atom. The maximum atomic E-state index is 11.1. The summed E-state index contributed by atoms with van der Waals surface area (Å²) >= 11 is 0. The van der Waals surface area contributed by atoms with Gasteiger partial charge in [-0.25, -0.2) is 4.98 Å². The van der Waals surface area contributed by atoms with Crippen molar-refractivity contribution in [2.45, 2.75) is 19.4 Å². The quantitative estimate of drug-likeness (QED) is 0.834. The fraction of sp³-hybridized carbons (Fsp3) is 0.417. The first-order chi connectivity index (χ1) is 8.74. The van der Waals surface area contributed by atoms with E-state index >= 15 is 0 Å². The topological polar surface area (TPSA) is 62.5 Å². The average molecular weight is 245 g/mol. The number of nitrogens with zero attached hydrogens (tertiary/aromatic N) is 4. The van der Waals surface area contributed by atoms with Crippen molar-refractivity contribution in [2.24, 2.45) is 0 Å². The van der Waals surface area contributed by atoms with Gasteiger partial charge in [0.1, 0.15) is 5.82 Å². The van der Waals surface area contributed by atoms with E-state index in [1.165, 1.54) is 0 Å². The van der Waals surface area contributed by atoms with Gasteiger partial charge in [-0.05, 0) is 12.5 Å². The van der Waals surface area contributed by atoms with E-state index in [2.05, 4.69) is 20.3 Å². The molecule has 2 aromatic heterocycles. The lowest BCUT2D eigenvalue weighted by atomic mass is 10.3. The van der Waals surface area contributed by atoms with Crippen LogP contribution in [0.5, 0.6) is 0 Å². The van der Waals surface area contributed by atoms with Crippen LogP contribution in [0.25, 0.3) is 5.65 Å².